The smallest absolute Gasteiger partial charge is 0.277 e. The zero-order valence-corrected chi connectivity index (χ0v) is 13.2. The van der Waals surface area contributed by atoms with Gasteiger partial charge in [0, 0.05) is 13.2 Å². The second-order valence-corrected chi connectivity index (χ2v) is 5.08. The molecular formula is C15H14FN7O2. The number of hydrogen-bond donors (Lipinski definition) is 2. The van der Waals surface area contributed by atoms with Crippen molar-refractivity contribution in [2.45, 2.75) is 6.54 Å². The predicted octanol–water partition coefficient (Wildman–Crippen LogP) is 0.601. The summed E-state index contributed by atoms with van der Waals surface area (Å²) >= 11 is 0. The molecule has 0 saturated carbocycles. The van der Waals surface area contributed by atoms with Crippen molar-refractivity contribution in [3.63, 3.8) is 0 Å². The lowest BCUT2D eigenvalue weighted by Gasteiger charge is -2.00. The highest BCUT2D eigenvalue weighted by Crippen LogP contribution is 2.10. The minimum atomic E-state index is -0.479. The van der Waals surface area contributed by atoms with Crippen LogP contribution in [0.3, 0.4) is 0 Å². The van der Waals surface area contributed by atoms with Crippen molar-refractivity contribution in [2.24, 2.45) is 0 Å². The number of nitrogens with zero attached hydrogens (tertiary/aromatic N) is 5. The van der Waals surface area contributed by atoms with Crippen molar-refractivity contribution in [3.05, 3.63) is 54.4 Å². The van der Waals surface area contributed by atoms with Crippen LogP contribution in [0.2, 0.25) is 0 Å². The van der Waals surface area contributed by atoms with Crippen molar-refractivity contribution >= 4 is 17.5 Å². The van der Waals surface area contributed by atoms with Crippen LogP contribution >= 0.6 is 0 Å². The van der Waals surface area contributed by atoms with E-state index < -0.39 is 5.91 Å². The van der Waals surface area contributed by atoms with Crippen LogP contribution in [0.25, 0.3) is 5.69 Å². The van der Waals surface area contributed by atoms with Crippen LogP contribution in [-0.4, -0.2) is 43.6 Å². The maximum Gasteiger partial charge on any atom is 0.277 e. The van der Waals surface area contributed by atoms with Crippen molar-refractivity contribution < 1.29 is 14.0 Å². The van der Waals surface area contributed by atoms with E-state index in [1.165, 1.54) is 59.3 Å². The largest absolute Gasteiger partial charge is 0.358 e. The fourth-order valence-corrected chi connectivity index (χ4v) is 2.02. The maximum absolute atomic E-state index is 12.9. The minimum Gasteiger partial charge on any atom is -0.358 e. The number of aromatic nitrogens is 5. The van der Waals surface area contributed by atoms with Crippen molar-refractivity contribution in [3.8, 4) is 5.69 Å². The van der Waals surface area contributed by atoms with Crippen molar-refractivity contribution in [1.29, 1.82) is 0 Å². The molecule has 10 heteroatoms. The van der Waals surface area contributed by atoms with E-state index in [0.29, 0.717) is 11.4 Å². The van der Waals surface area contributed by atoms with Gasteiger partial charge in [0.2, 0.25) is 5.91 Å². The monoisotopic (exact) mass is 343 g/mol. The molecule has 0 spiro atoms. The Hall–Kier alpha value is -3.56. The van der Waals surface area contributed by atoms with E-state index in [1.807, 2.05) is 0 Å². The Morgan fingerprint density at radius 2 is 1.96 bits per heavy atom. The third-order valence-electron chi connectivity index (χ3n) is 3.29. The topological polar surface area (TPSA) is 107 Å². The standard InChI is InChI=1S/C15H14FN7O2/c1-17-14(24)9-22-7-11(6-18-22)19-15(25)13-8-23(21-20-13)12-4-2-10(16)3-5-12/h2-8H,9H2,1H3,(H,17,24)(H,19,25). The first-order valence-corrected chi connectivity index (χ1v) is 7.28. The van der Waals surface area contributed by atoms with Gasteiger partial charge >= 0.3 is 0 Å². The normalized spacial score (nSPS) is 10.5. The highest BCUT2D eigenvalue weighted by molar-refractivity contribution is 6.02. The zero-order valence-electron chi connectivity index (χ0n) is 13.2. The summed E-state index contributed by atoms with van der Waals surface area (Å²) in [4.78, 5) is 23.5. The number of likely N-dealkylation sites (N-methyl/N-ethyl adjacent to an activating group) is 1. The van der Waals surface area contributed by atoms with Crippen LogP contribution in [0.15, 0.2) is 42.9 Å². The van der Waals surface area contributed by atoms with Gasteiger partial charge in [-0.15, -0.1) is 5.10 Å². The van der Waals surface area contributed by atoms with Crippen LogP contribution < -0.4 is 10.6 Å². The summed E-state index contributed by atoms with van der Waals surface area (Å²) in [7, 11) is 1.53. The molecule has 128 valence electrons. The van der Waals surface area contributed by atoms with Gasteiger partial charge < -0.3 is 10.6 Å². The van der Waals surface area contributed by atoms with E-state index in [1.54, 1.807) is 0 Å². The first-order valence-electron chi connectivity index (χ1n) is 7.28. The lowest BCUT2D eigenvalue weighted by molar-refractivity contribution is -0.121. The van der Waals surface area contributed by atoms with Gasteiger partial charge in [0.15, 0.2) is 5.69 Å². The molecule has 0 saturated heterocycles. The average molecular weight is 343 g/mol. The number of benzene rings is 1. The molecule has 0 atom stereocenters. The van der Waals surface area contributed by atoms with Gasteiger partial charge in [-0.1, -0.05) is 5.21 Å². The van der Waals surface area contributed by atoms with Gasteiger partial charge in [0.1, 0.15) is 12.4 Å². The van der Waals surface area contributed by atoms with E-state index in [0.717, 1.165) is 0 Å². The summed E-state index contributed by atoms with van der Waals surface area (Å²) in [6.07, 6.45) is 4.38. The third kappa shape index (κ3) is 3.86. The molecule has 3 aromatic rings. The Balaban J connectivity index is 1.68. The quantitative estimate of drug-likeness (QED) is 0.705. The summed E-state index contributed by atoms with van der Waals surface area (Å²) in [5.74, 6) is -1.05. The SMILES string of the molecule is CNC(=O)Cn1cc(NC(=O)c2cn(-c3ccc(F)cc3)nn2)cn1. The molecule has 0 aliphatic carbocycles. The number of rotatable bonds is 5. The second-order valence-electron chi connectivity index (χ2n) is 5.08. The molecular weight excluding hydrogens is 329 g/mol. The highest BCUT2D eigenvalue weighted by Gasteiger charge is 2.13. The molecule has 0 unspecified atom stereocenters. The van der Waals surface area contributed by atoms with Gasteiger partial charge in [-0.25, -0.2) is 9.07 Å². The molecule has 0 bridgehead atoms. The molecule has 9 nitrogen and oxygen atoms in total. The average Bonchev–Trinajstić information content (AvgIpc) is 3.25. The van der Waals surface area contributed by atoms with Crippen LogP contribution in [0.5, 0.6) is 0 Å². The fourth-order valence-electron chi connectivity index (χ4n) is 2.02. The lowest BCUT2D eigenvalue weighted by Crippen LogP contribution is -2.23. The van der Waals surface area contributed by atoms with E-state index in [2.05, 4.69) is 26.0 Å². The maximum atomic E-state index is 12.9. The number of amides is 2. The molecule has 1 aromatic carbocycles. The number of carbonyl (C=O) groups is 2. The van der Waals surface area contributed by atoms with Gasteiger partial charge in [0.05, 0.1) is 23.8 Å². The predicted molar refractivity (Wildman–Crippen MR) is 85.6 cm³/mol. The van der Waals surface area contributed by atoms with E-state index >= 15 is 0 Å². The lowest BCUT2D eigenvalue weighted by atomic mass is 10.3. The van der Waals surface area contributed by atoms with Crippen LogP contribution in [-0.2, 0) is 11.3 Å². The first kappa shape index (κ1) is 16.3. The Labute approximate surface area is 141 Å². The Morgan fingerprint density at radius 3 is 2.68 bits per heavy atom. The Bertz CT molecular complexity index is 901. The number of nitrogens with one attached hydrogen (secondary N) is 2. The summed E-state index contributed by atoms with van der Waals surface area (Å²) in [5.41, 5.74) is 1.08. The van der Waals surface area contributed by atoms with Crippen molar-refractivity contribution in [2.75, 3.05) is 12.4 Å². The number of hydrogen-bond acceptors (Lipinski definition) is 5. The highest BCUT2D eigenvalue weighted by atomic mass is 19.1. The third-order valence-corrected chi connectivity index (χ3v) is 3.29. The van der Waals surface area contributed by atoms with Crippen molar-refractivity contribution in [1.82, 2.24) is 30.1 Å². The van der Waals surface area contributed by atoms with Gasteiger partial charge in [-0.05, 0) is 24.3 Å². The summed E-state index contributed by atoms with van der Waals surface area (Å²) < 4.78 is 15.7. The Kier molecular flexibility index (Phi) is 4.50. The zero-order chi connectivity index (χ0) is 17.8. The molecule has 0 radical (unpaired) electrons. The van der Waals surface area contributed by atoms with Crippen LogP contribution in [0.1, 0.15) is 10.5 Å². The summed E-state index contributed by atoms with van der Waals surface area (Å²) in [6.45, 7) is 0.0487. The molecule has 3 rings (SSSR count). The van der Waals surface area contributed by atoms with E-state index in [-0.39, 0.29) is 24.0 Å². The van der Waals surface area contributed by atoms with Gasteiger partial charge in [0.25, 0.3) is 5.91 Å². The molecule has 2 aromatic heterocycles. The molecule has 2 amide bonds. The van der Waals surface area contributed by atoms with Gasteiger partial charge in [-0.2, -0.15) is 5.10 Å². The Morgan fingerprint density at radius 1 is 1.20 bits per heavy atom. The van der Waals surface area contributed by atoms with E-state index in [9.17, 15) is 14.0 Å². The molecule has 0 aliphatic heterocycles. The summed E-state index contributed by atoms with van der Waals surface area (Å²) in [5, 5.41) is 16.7. The number of anilines is 1. The van der Waals surface area contributed by atoms with E-state index in [4.69, 9.17) is 0 Å². The molecule has 2 N–H and O–H groups in total. The number of halogens is 1. The molecule has 0 fully saturated rings. The van der Waals surface area contributed by atoms with Gasteiger partial charge in [-0.3, -0.25) is 14.3 Å². The van der Waals surface area contributed by atoms with Crippen LogP contribution in [0, 0.1) is 5.82 Å². The number of carbonyl (C=O) groups excluding carboxylic acids is 2. The van der Waals surface area contributed by atoms with Crippen LogP contribution in [0.4, 0.5) is 10.1 Å². The molecule has 25 heavy (non-hydrogen) atoms. The first-order chi connectivity index (χ1) is 12.0. The molecule has 0 aliphatic rings. The second kappa shape index (κ2) is 6.91. The minimum absolute atomic E-state index is 0.0487. The summed E-state index contributed by atoms with van der Waals surface area (Å²) in [6, 6.07) is 5.62. The molecule has 2 heterocycles. The fraction of sp³-hybridized carbons (Fsp3) is 0.133.